The predicted molar refractivity (Wildman–Crippen MR) is 145 cm³/mol. The Morgan fingerprint density at radius 1 is 0.765 bits per heavy atom. The third-order valence-corrected chi connectivity index (χ3v) is 7.33. The highest BCUT2D eigenvalue weighted by Gasteiger charge is 2.33. The molecule has 0 unspecified atom stereocenters. The van der Waals surface area contributed by atoms with Gasteiger partial charge < -0.3 is 5.11 Å². The Kier molecular flexibility index (Phi) is 6.95. The molecular weight excluding hydrogens is 552 g/mol. The van der Waals surface area contributed by atoms with E-state index in [0.29, 0.717) is 10.0 Å². The van der Waals surface area contributed by atoms with Crippen LogP contribution in [0.5, 0.6) is 5.75 Å². The van der Waals surface area contributed by atoms with Gasteiger partial charge in [0.25, 0.3) is 0 Å². The number of rotatable bonds is 6. The van der Waals surface area contributed by atoms with Crippen molar-refractivity contribution in [2.45, 2.75) is 25.2 Å². The molecule has 0 radical (unpaired) electrons. The van der Waals surface area contributed by atoms with Crippen molar-refractivity contribution in [3.05, 3.63) is 134 Å². The summed E-state index contributed by atoms with van der Waals surface area (Å²) < 4.78 is 1.51. The minimum Gasteiger partial charge on any atom is -0.506 e. The van der Waals surface area contributed by atoms with E-state index in [4.69, 9.17) is 4.99 Å². The maximum atomic E-state index is 10.6. The summed E-state index contributed by atoms with van der Waals surface area (Å²) in [6, 6.07) is 33.3. The molecule has 4 aromatic rings. The molecule has 1 aliphatic heterocycles. The van der Waals surface area contributed by atoms with E-state index in [1.165, 1.54) is 16.7 Å². The maximum Gasteiger partial charge on any atom is 0.138 e. The van der Waals surface area contributed by atoms with Crippen molar-refractivity contribution in [2.24, 2.45) is 4.99 Å². The molecule has 0 aromatic heterocycles. The highest BCUT2D eigenvalue weighted by atomic mass is 79.9. The normalized spacial score (nSPS) is 15.4. The van der Waals surface area contributed by atoms with Crippen molar-refractivity contribution in [1.29, 1.82) is 0 Å². The van der Waals surface area contributed by atoms with Crippen LogP contribution < -0.4 is 0 Å². The Morgan fingerprint density at radius 3 is 1.94 bits per heavy atom. The minimum absolute atomic E-state index is 0.0324. The SMILES string of the molecule is Oc1c(Br)cc(Br)cc1C=N[C@H](c1ccccc1)[C@@H](c1ccccc1)N1Cc2ccccc2C1. The van der Waals surface area contributed by atoms with Crippen molar-refractivity contribution < 1.29 is 5.11 Å². The maximum absolute atomic E-state index is 10.6. The fourth-order valence-corrected chi connectivity index (χ4v) is 5.90. The Hall–Kier alpha value is -2.73. The number of aromatic hydroxyl groups is 1. The molecule has 4 aromatic carbocycles. The summed E-state index contributed by atoms with van der Waals surface area (Å²) in [5.41, 5.74) is 5.76. The first-order chi connectivity index (χ1) is 16.6. The molecule has 0 amide bonds. The van der Waals surface area contributed by atoms with E-state index in [2.05, 4.69) is 116 Å². The zero-order valence-corrected chi connectivity index (χ0v) is 21.7. The van der Waals surface area contributed by atoms with Crippen LogP contribution in [0.1, 0.15) is 39.9 Å². The van der Waals surface area contributed by atoms with E-state index in [1.54, 1.807) is 6.21 Å². The predicted octanol–water partition coefficient (Wildman–Crippen LogP) is 7.83. The Morgan fingerprint density at radius 2 is 1.32 bits per heavy atom. The number of phenolic OH excluding ortho intramolecular Hbond substituents is 1. The summed E-state index contributed by atoms with van der Waals surface area (Å²) in [7, 11) is 0. The molecule has 5 rings (SSSR count). The molecule has 0 bridgehead atoms. The molecule has 1 aliphatic rings. The lowest BCUT2D eigenvalue weighted by Crippen LogP contribution is -2.28. The van der Waals surface area contributed by atoms with Gasteiger partial charge in [-0.2, -0.15) is 0 Å². The van der Waals surface area contributed by atoms with Crippen molar-refractivity contribution in [3.63, 3.8) is 0 Å². The van der Waals surface area contributed by atoms with Gasteiger partial charge in [0.15, 0.2) is 0 Å². The number of phenols is 1. The number of fused-ring (bicyclic) bond motifs is 1. The van der Waals surface area contributed by atoms with Crippen LogP contribution in [-0.2, 0) is 13.1 Å². The van der Waals surface area contributed by atoms with Gasteiger partial charge >= 0.3 is 0 Å². The minimum atomic E-state index is -0.157. The van der Waals surface area contributed by atoms with E-state index in [9.17, 15) is 5.11 Å². The summed E-state index contributed by atoms with van der Waals surface area (Å²) in [5.74, 6) is 0.184. The van der Waals surface area contributed by atoms with Gasteiger partial charge in [0.2, 0.25) is 0 Å². The van der Waals surface area contributed by atoms with Crippen LogP contribution in [0.15, 0.2) is 111 Å². The van der Waals surface area contributed by atoms with E-state index in [0.717, 1.165) is 23.1 Å². The Bertz CT molecular complexity index is 1280. The van der Waals surface area contributed by atoms with E-state index >= 15 is 0 Å². The molecule has 0 saturated carbocycles. The zero-order valence-electron chi connectivity index (χ0n) is 18.5. The van der Waals surface area contributed by atoms with Crippen molar-refractivity contribution >= 4 is 38.1 Å². The molecule has 0 aliphatic carbocycles. The average molecular weight is 576 g/mol. The summed E-state index contributed by atoms with van der Waals surface area (Å²) in [6.07, 6.45) is 1.79. The molecule has 0 fully saturated rings. The molecule has 34 heavy (non-hydrogen) atoms. The molecular formula is C29H24Br2N2O. The molecule has 2 atom stereocenters. The number of hydrogen-bond acceptors (Lipinski definition) is 3. The van der Waals surface area contributed by atoms with Crippen LogP contribution in [-0.4, -0.2) is 16.2 Å². The molecule has 1 N–H and O–H groups in total. The molecule has 5 heteroatoms. The van der Waals surface area contributed by atoms with Gasteiger partial charge in [-0.15, -0.1) is 0 Å². The number of halogens is 2. The standard InChI is InChI=1S/C29H24Br2N2O/c30-25-15-24(29(34)26(31)16-25)17-32-27(20-9-3-1-4-10-20)28(21-11-5-2-6-12-21)33-18-22-13-7-8-14-23(22)19-33/h1-17,27-28,34H,18-19H2/t27-,28-/m1/s1. The Labute approximate surface area is 217 Å². The summed E-state index contributed by atoms with van der Waals surface area (Å²) in [6.45, 7) is 1.75. The molecule has 0 spiro atoms. The van der Waals surface area contributed by atoms with Crippen molar-refractivity contribution in [3.8, 4) is 5.75 Å². The van der Waals surface area contributed by atoms with Crippen LogP contribution in [0.25, 0.3) is 0 Å². The number of hydrogen-bond donors (Lipinski definition) is 1. The lowest BCUT2D eigenvalue weighted by Gasteiger charge is -2.33. The monoisotopic (exact) mass is 574 g/mol. The molecule has 3 nitrogen and oxygen atoms in total. The molecule has 0 saturated heterocycles. The average Bonchev–Trinajstić information content (AvgIpc) is 3.29. The number of nitrogens with zero attached hydrogens (tertiary/aromatic N) is 2. The first-order valence-corrected chi connectivity index (χ1v) is 12.8. The lowest BCUT2D eigenvalue weighted by molar-refractivity contribution is 0.174. The van der Waals surface area contributed by atoms with Crippen LogP contribution in [0.3, 0.4) is 0 Å². The van der Waals surface area contributed by atoms with Gasteiger partial charge in [0.05, 0.1) is 16.6 Å². The summed E-state index contributed by atoms with van der Waals surface area (Å²) in [5, 5.41) is 10.6. The first kappa shape index (κ1) is 23.0. The van der Waals surface area contributed by atoms with Crippen LogP contribution in [0.2, 0.25) is 0 Å². The van der Waals surface area contributed by atoms with Gasteiger partial charge in [-0.25, -0.2) is 0 Å². The van der Waals surface area contributed by atoms with Crippen LogP contribution in [0, 0.1) is 0 Å². The fourth-order valence-electron chi connectivity index (χ4n) is 4.64. The second-order valence-electron chi connectivity index (χ2n) is 8.49. The summed E-state index contributed by atoms with van der Waals surface area (Å²) in [4.78, 5) is 7.63. The highest BCUT2D eigenvalue weighted by Crippen LogP contribution is 2.41. The van der Waals surface area contributed by atoms with Crippen LogP contribution >= 0.6 is 31.9 Å². The number of aliphatic imine (C=N–C) groups is 1. The smallest absolute Gasteiger partial charge is 0.138 e. The van der Waals surface area contributed by atoms with Gasteiger partial charge in [-0.1, -0.05) is 101 Å². The van der Waals surface area contributed by atoms with Gasteiger partial charge in [0, 0.05) is 29.3 Å². The topological polar surface area (TPSA) is 35.8 Å². The fraction of sp³-hybridized carbons (Fsp3) is 0.138. The van der Waals surface area contributed by atoms with Crippen LogP contribution in [0.4, 0.5) is 0 Å². The van der Waals surface area contributed by atoms with Gasteiger partial charge in [0.1, 0.15) is 5.75 Å². The van der Waals surface area contributed by atoms with Crippen molar-refractivity contribution in [2.75, 3.05) is 0 Å². The van der Waals surface area contributed by atoms with E-state index in [1.807, 2.05) is 18.2 Å². The quantitative estimate of drug-likeness (QED) is 0.238. The number of benzene rings is 4. The van der Waals surface area contributed by atoms with E-state index in [-0.39, 0.29) is 17.8 Å². The van der Waals surface area contributed by atoms with Crippen molar-refractivity contribution in [1.82, 2.24) is 4.90 Å². The lowest BCUT2D eigenvalue weighted by atomic mass is 9.92. The second kappa shape index (κ2) is 10.3. The second-order valence-corrected chi connectivity index (χ2v) is 10.3. The first-order valence-electron chi connectivity index (χ1n) is 11.2. The zero-order chi connectivity index (χ0) is 23.5. The van der Waals surface area contributed by atoms with E-state index < -0.39 is 0 Å². The third-order valence-electron chi connectivity index (χ3n) is 6.27. The largest absolute Gasteiger partial charge is 0.506 e. The summed E-state index contributed by atoms with van der Waals surface area (Å²) >= 11 is 6.96. The highest BCUT2D eigenvalue weighted by molar-refractivity contribution is 9.11. The molecule has 1 heterocycles. The van der Waals surface area contributed by atoms with Gasteiger partial charge in [-0.05, 0) is 50.3 Å². The third kappa shape index (κ3) is 4.88. The molecule has 170 valence electrons. The van der Waals surface area contributed by atoms with Gasteiger partial charge in [-0.3, -0.25) is 9.89 Å². The Balaban J connectivity index is 1.60.